The van der Waals surface area contributed by atoms with Crippen molar-refractivity contribution in [1.29, 1.82) is 0 Å². The Morgan fingerprint density at radius 3 is 2.41 bits per heavy atom. The maximum Gasteiger partial charge on any atom is 0.266 e. The molecule has 2 aromatic heterocycles. The molecule has 1 fully saturated rings. The molecule has 0 saturated carbocycles. The number of hydrogen-bond donors (Lipinski definition) is 0. The van der Waals surface area contributed by atoms with Gasteiger partial charge in [-0.1, -0.05) is 11.3 Å². The van der Waals surface area contributed by atoms with Crippen molar-refractivity contribution in [3.05, 3.63) is 35.1 Å². The molecule has 0 spiro atoms. The predicted octanol–water partition coefficient (Wildman–Crippen LogP) is 2.41. The second kappa shape index (κ2) is 6.22. The van der Waals surface area contributed by atoms with E-state index >= 15 is 0 Å². The zero-order chi connectivity index (χ0) is 15.7. The number of amides is 1. The van der Waals surface area contributed by atoms with Gasteiger partial charge in [0.05, 0.1) is 5.69 Å². The van der Waals surface area contributed by atoms with Crippen molar-refractivity contribution < 1.29 is 4.79 Å². The largest absolute Gasteiger partial charge is 0.335 e. The normalized spacial score (nSPS) is 16.5. The van der Waals surface area contributed by atoms with Gasteiger partial charge < -0.3 is 9.47 Å². The summed E-state index contributed by atoms with van der Waals surface area (Å²) >= 11 is 1.47. The van der Waals surface area contributed by atoms with Crippen LogP contribution in [0.3, 0.4) is 0 Å². The highest BCUT2D eigenvalue weighted by Gasteiger charge is 2.26. The highest BCUT2D eigenvalue weighted by Crippen LogP contribution is 2.24. The first kappa shape index (κ1) is 15.2. The molecule has 0 N–H and O–H groups in total. The topological polar surface area (TPSA) is 41.4 Å². The minimum Gasteiger partial charge on any atom is -0.335 e. The fraction of sp³-hybridized carbons (Fsp3) is 0.500. The Morgan fingerprint density at radius 2 is 1.82 bits per heavy atom. The van der Waals surface area contributed by atoms with Gasteiger partial charge in [-0.3, -0.25) is 9.69 Å². The number of thiazole rings is 1. The molecule has 3 rings (SSSR count). The van der Waals surface area contributed by atoms with Crippen LogP contribution in [0.25, 0.3) is 5.13 Å². The highest BCUT2D eigenvalue weighted by molar-refractivity contribution is 7.16. The Morgan fingerprint density at radius 1 is 1.18 bits per heavy atom. The zero-order valence-electron chi connectivity index (χ0n) is 13.3. The average molecular weight is 318 g/mol. The molecule has 5 nitrogen and oxygen atoms in total. The van der Waals surface area contributed by atoms with Gasteiger partial charge >= 0.3 is 0 Å². The second-order valence-corrected chi connectivity index (χ2v) is 6.90. The zero-order valence-corrected chi connectivity index (χ0v) is 14.1. The van der Waals surface area contributed by atoms with Gasteiger partial charge in [-0.05, 0) is 32.9 Å². The fourth-order valence-corrected chi connectivity index (χ4v) is 3.74. The first-order chi connectivity index (χ1) is 10.6. The van der Waals surface area contributed by atoms with Crippen LogP contribution in [0.15, 0.2) is 24.5 Å². The molecule has 0 aliphatic carbocycles. The smallest absolute Gasteiger partial charge is 0.266 e. The van der Waals surface area contributed by atoms with Crippen LogP contribution in [0, 0.1) is 6.92 Å². The summed E-state index contributed by atoms with van der Waals surface area (Å²) in [5.74, 6) is 0.122. The van der Waals surface area contributed by atoms with E-state index in [4.69, 9.17) is 0 Å². The minimum atomic E-state index is 0.122. The van der Waals surface area contributed by atoms with E-state index in [1.165, 1.54) is 11.3 Å². The molecule has 1 saturated heterocycles. The van der Waals surface area contributed by atoms with E-state index in [-0.39, 0.29) is 5.91 Å². The molecular weight excluding hydrogens is 296 g/mol. The quantitative estimate of drug-likeness (QED) is 0.873. The molecule has 0 radical (unpaired) electrons. The van der Waals surface area contributed by atoms with Crippen LogP contribution in [0.1, 0.15) is 29.2 Å². The van der Waals surface area contributed by atoms with Crippen LogP contribution < -0.4 is 0 Å². The standard InChI is InChI=1S/C16H22N4OS/c1-12(2)18-8-10-19(11-9-18)15(21)14-13(3)17-16(22-14)20-6-4-5-7-20/h4-7,12H,8-11H2,1-3H3. The van der Waals surface area contributed by atoms with E-state index < -0.39 is 0 Å². The van der Waals surface area contributed by atoms with E-state index in [2.05, 4.69) is 23.7 Å². The molecule has 0 unspecified atom stereocenters. The van der Waals surface area contributed by atoms with Crippen LogP contribution in [-0.4, -0.2) is 57.5 Å². The van der Waals surface area contributed by atoms with Crippen molar-refractivity contribution >= 4 is 17.2 Å². The van der Waals surface area contributed by atoms with Crippen molar-refractivity contribution in [3.8, 4) is 5.13 Å². The number of carbonyl (C=O) groups excluding carboxylic acids is 1. The van der Waals surface area contributed by atoms with E-state index in [9.17, 15) is 4.79 Å². The van der Waals surface area contributed by atoms with Crippen LogP contribution in [0.4, 0.5) is 0 Å². The molecule has 6 heteroatoms. The third-order valence-electron chi connectivity index (χ3n) is 4.14. The molecule has 1 aliphatic heterocycles. The number of piperazine rings is 1. The number of carbonyl (C=O) groups is 1. The van der Waals surface area contributed by atoms with Gasteiger partial charge in [-0.25, -0.2) is 4.98 Å². The van der Waals surface area contributed by atoms with Crippen molar-refractivity contribution in [2.24, 2.45) is 0 Å². The Kier molecular flexibility index (Phi) is 4.31. The van der Waals surface area contributed by atoms with Crippen LogP contribution in [0.5, 0.6) is 0 Å². The maximum atomic E-state index is 12.7. The predicted molar refractivity (Wildman–Crippen MR) is 88.8 cm³/mol. The second-order valence-electron chi connectivity index (χ2n) is 5.92. The Balaban J connectivity index is 1.73. The van der Waals surface area contributed by atoms with Gasteiger partial charge in [-0.15, -0.1) is 0 Å². The molecule has 1 amide bonds. The number of hydrogen-bond acceptors (Lipinski definition) is 4. The third-order valence-corrected chi connectivity index (χ3v) is 5.30. The monoisotopic (exact) mass is 318 g/mol. The molecule has 1 aliphatic rings. The summed E-state index contributed by atoms with van der Waals surface area (Å²) in [5, 5.41) is 0.853. The summed E-state index contributed by atoms with van der Waals surface area (Å²) < 4.78 is 1.95. The lowest BCUT2D eigenvalue weighted by Gasteiger charge is -2.36. The van der Waals surface area contributed by atoms with E-state index in [1.54, 1.807) is 0 Å². The Labute approximate surface area is 135 Å². The van der Waals surface area contributed by atoms with Gasteiger partial charge in [0.15, 0.2) is 5.13 Å². The Hall–Kier alpha value is -1.66. The van der Waals surface area contributed by atoms with Crippen LogP contribution >= 0.6 is 11.3 Å². The van der Waals surface area contributed by atoms with E-state index in [1.807, 2.05) is 40.9 Å². The van der Waals surface area contributed by atoms with Gasteiger partial charge in [0.2, 0.25) is 0 Å². The molecule has 2 aromatic rings. The van der Waals surface area contributed by atoms with Crippen molar-refractivity contribution in [3.63, 3.8) is 0 Å². The summed E-state index contributed by atoms with van der Waals surface area (Å²) in [6, 6.07) is 4.47. The number of nitrogens with zero attached hydrogens (tertiary/aromatic N) is 4. The summed E-state index contributed by atoms with van der Waals surface area (Å²) in [5.41, 5.74) is 0.824. The summed E-state index contributed by atoms with van der Waals surface area (Å²) in [4.78, 5) is 22.4. The van der Waals surface area contributed by atoms with Gasteiger partial charge in [0, 0.05) is 44.6 Å². The van der Waals surface area contributed by atoms with Crippen LogP contribution in [-0.2, 0) is 0 Å². The van der Waals surface area contributed by atoms with E-state index in [0.717, 1.165) is 41.9 Å². The lowest BCUT2D eigenvalue weighted by Crippen LogP contribution is -2.50. The van der Waals surface area contributed by atoms with Gasteiger partial charge in [0.1, 0.15) is 4.88 Å². The fourth-order valence-electron chi connectivity index (χ4n) is 2.74. The third kappa shape index (κ3) is 2.94. The number of rotatable bonds is 3. The lowest BCUT2D eigenvalue weighted by molar-refractivity contribution is 0.0599. The molecule has 22 heavy (non-hydrogen) atoms. The van der Waals surface area contributed by atoms with Gasteiger partial charge in [-0.2, -0.15) is 0 Å². The minimum absolute atomic E-state index is 0.122. The summed E-state index contributed by atoms with van der Waals surface area (Å²) in [7, 11) is 0. The van der Waals surface area contributed by atoms with Crippen molar-refractivity contribution in [1.82, 2.24) is 19.4 Å². The first-order valence-electron chi connectivity index (χ1n) is 7.70. The SMILES string of the molecule is Cc1nc(-n2cccc2)sc1C(=O)N1CCN(C(C)C)CC1. The number of aryl methyl sites for hydroxylation is 1. The molecule has 0 atom stereocenters. The van der Waals surface area contributed by atoms with Crippen molar-refractivity contribution in [2.75, 3.05) is 26.2 Å². The average Bonchev–Trinajstić information content (AvgIpc) is 3.16. The molecular formula is C16H22N4OS. The van der Waals surface area contributed by atoms with Crippen LogP contribution in [0.2, 0.25) is 0 Å². The molecule has 0 bridgehead atoms. The summed E-state index contributed by atoms with van der Waals surface area (Å²) in [6.07, 6.45) is 3.90. The van der Waals surface area contributed by atoms with Crippen molar-refractivity contribution in [2.45, 2.75) is 26.8 Å². The number of aromatic nitrogens is 2. The maximum absolute atomic E-state index is 12.7. The first-order valence-corrected chi connectivity index (χ1v) is 8.52. The molecule has 0 aromatic carbocycles. The molecule has 3 heterocycles. The Bertz CT molecular complexity index is 639. The molecule has 118 valence electrons. The lowest BCUT2D eigenvalue weighted by atomic mass is 10.2. The van der Waals surface area contributed by atoms with Gasteiger partial charge in [0.25, 0.3) is 5.91 Å². The van der Waals surface area contributed by atoms with E-state index in [0.29, 0.717) is 6.04 Å². The summed E-state index contributed by atoms with van der Waals surface area (Å²) in [6.45, 7) is 9.82. The highest BCUT2D eigenvalue weighted by atomic mass is 32.1.